The van der Waals surface area contributed by atoms with Gasteiger partial charge in [0.15, 0.2) is 11.0 Å². The number of benzene rings is 3. The Bertz CT molecular complexity index is 1270. The number of ether oxygens (including phenoxy) is 1. The van der Waals surface area contributed by atoms with Crippen molar-refractivity contribution in [2.45, 2.75) is 11.3 Å². The van der Waals surface area contributed by atoms with Crippen molar-refractivity contribution in [3.05, 3.63) is 84.4 Å². The lowest BCUT2D eigenvalue weighted by atomic mass is 10.0. The maximum Gasteiger partial charge on any atom is 0.234 e. The highest BCUT2D eigenvalue weighted by Gasteiger charge is 2.33. The first-order valence-electron chi connectivity index (χ1n) is 10.5. The Morgan fingerprint density at radius 2 is 1.73 bits per heavy atom. The summed E-state index contributed by atoms with van der Waals surface area (Å²) in [6.45, 7) is 0. The van der Waals surface area contributed by atoms with E-state index in [9.17, 15) is 4.79 Å². The smallest absolute Gasteiger partial charge is 0.234 e. The SMILES string of the molecule is COc1ccc(C2N(C)c3ccccc3-c3nnc(SCC(=O)Nc4ccccc4)n32)cc1. The van der Waals surface area contributed by atoms with Crippen LogP contribution < -0.4 is 15.0 Å². The molecule has 7 nitrogen and oxygen atoms in total. The van der Waals surface area contributed by atoms with E-state index in [4.69, 9.17) is 4.74 Å². The summed E-state index contributed by atoms with van der Waals surface area (Å²) in [6, 6.07) is 25.6. The fourth-order valence-electron chi connectivity index (χ4n) is 4.05. The molecule has 1 amide bonds. The summed E-state index contributed by atoms with van der Waals surface area (Å²) in [7, 11) is 3.72. The van der Waals surface area contributed by atoms with Crippen LogP contribution in [-0.2, 0) is 4.79 Å². The molecule has 1 aliphatic heterocycles. The second-order valence-corrected chi connectivity index (χ2v) is 8.60. The van der Waals surface area contributed by atoms with Crippen LogP contribution in [0.2, 0.25) is 0 Å². The molecule has 0 saturated heterocycles. The lowest BCUT2D eigenvalue weighted by molar-refractivity contribution is -0.113. The molecule has 5 rings (SSSR count). The van der Waals surface area contributed by atoms with Gasteiger partial charge in [-0.3, -0.25) is 9.36 Å². The maximum atomic E-state index is 12.5. The van der Waals surface area contributed by atoms with Gasteiger partial charge in [0.25, 0.3) is 0 Å². The van der Waals surface area contributed by atoms with Crippen LogP contribution in [0.15, 0.2) is 84.0 Å². The molecule has 2 heterocycles. The van der Waals surface area contributed by atoms with Crippen molar-refractivity contribution in [2.75, 3.05) is 30.1 Å². The highest BCUT2D eigenvalue weighted by atomic mass is 32.2. The number of nitrogens with one attached hydrogen (secondary N) is 1. The van der Waals surface area contributed by atoms with E-state index in [2.05, 4.69) is 38.1 Å². The maximum absolute atomic E-state index is 12.5. The molecule has 1 atom stereocenters. The molecule has 33 heavy (non-hydrogen) atoms. The first kappa shape index (κ1) is 21.1. The van der Waals surface area contributed by atoms with Crippen molar-refractivity contribution in [2.24, 2.45) is 0 Å². The van der Waals surface area contributed by atoms with Crippen molar-refractivity contribution in [1.29, 1.82) is 0 Å². The zero-order valence-electron chi connectivity index (χ0n) is 18.3. The minimum Gasteiger partial charge on any atom is -0.497 e. The molecule has 8 heteroatoms. The minimum atomic E-state index is -0.157. The standard InChI is InChI=1S/C25H23N5O2S/c1-29-21-11-7-6-10-20(21)23-27-28-25(33-16-22(31)26-18-8-4-3-5-9-18)30(23)24(29)17-12-14-19(32-2)15-13-17/h3-15,24H,16H2,1-2H3,(H,26,31). The number of anilines is 2. The van der Waals surface area contributed by atoms with E-state index < -0.39 is 0 Å². The van der Waals surface area contributed by atoms with E-state index in [-0.39, 0.29) is 17.8 Å². The number of para-hydroxylation sites is 2. The largest absolute Gasteiger partial charge is 0.497 e. The number of carbonyl (C=O) groups excluding carboxylic acids is 1. The Morgan fingerprint density at radius 1 is 1.00 bits per heavy atom. The summed E-state index contributed by atoms with van der Waals surface area (Å²) < 4.78 is 7.44. The Kier molecular flexibility index (Phi) is 5.75. The molecule has 4 aromatic rings. The van der Waals surface area contributed by atoms with Crippen molar-refractivity contribution in [3.8, 4) is 17.1 Å². The van der Waals surface area contributed by atoms with Crippen LogP contribution in [0.4, 0.5) is 11.4 Å². The highest BCUT2D eigenvalue weighted by molar-refractivity contribution is 7.99. The van der Waals surface area contributed by atoms with Crippen LogP contribution in [0.25, 0.3) is 11.4 Å². The quantitative estimate of drug-likeness (QED) is 0.424. The third-order valence-electron chi connectivity index (χ3n) is 5.60. The van der Waals surface area contributed by atoms with Gasteiger partial charge in [-0.2, -0.15) is 0 Å². The summed E-state index contributed by atoms with van der Waals surface area (Å²) in [5.74, 6) is 1.73. The highest BCUT2D eigenvalue weighted by Crippen LogP contribution is 2.43. The number of thioether (sulfide) groups is 1. The van der Waals surface area contributed by atoms with Crippen LogP contribution in [0.3, 0.4) is 0 Å². The third-order valence-corrected chi connectivity index (χ3v) is 6.55. The monoisotopic (exact) mass is 457 g/mol. The van der Waals surface area contributed by atoms with Gasteiger partial charge in [-0.15, -0.1) is 10.2 Å². The van der Waals surface area contributed by atoms with Crippen LogP contribution in [0.5, 0.6) is 5.75 Å². The topological polar surface area (TPSA) is 72.3 Å². The number of nitrogens with zero attached hydrogens (tertiary/aromatic N) is 4. The first-order chi connectivity index (χ1) is 16.2. The van der Waals surface area contributed by atoms with Gasteiger partial charge < -0.3 is 15.0 Å². The lowest BCUT2D eigenvalue weighted by Gasteiger charge is -2.37. The first-order valence-corrected chi connectivity index (χ1v) is 11.5. The third kappa shape index (κ3) is 4.05. The van der Waals surface area contributed by atoms with Crippen LogP contribution >= 0.6 is 11.8 Å². The minimum absolute atomic E-state index is 0.0888. The normalized spacial score (nSPS) is 14.4. The number of amides is 1. The second-order valence-electron chi connectivity index (χ2n) is 7.65. The molecule has 1 N–H and O–H groups in total. The Hall–Kier alpha value is -3.78. The Balaban J connectivity index is 1.48. The average Bonchev–Trinajstić information content (AvgIpc) is 3.28. The molecule has 3 aromatic carbocycles. The van der Waals surface area contributed by atoms with E-state index in [0.717, 1.165) is 34.1 Å². The zero-order chi connectivity index (χ0) is 22.8. The van der Waals surface area contributed by atoms with E-state index >= 15 is 0 Å². The molecule has 0 aliphatic carbocycles. The van der Waals surface area contributed by atoms with Crippen LogP contribution in [0, 0.1) is 0 Å². The molecule has 0 saturated carbocycles. The molecular weight excluding hydrogens is 434 g/mol. The molecular formula is C25H23N5O2S. The average molecular weight is 458 g/mol. The number of aromatic nitrogens is 3. The number of carbonyl (C=O) groups is 1. The molecule has 0 spiro atoms. The predicted molar refractivity (Wildman–Crippen MR) is 131 cm³/mol. The molecule has 1 aromatic heterocycles. The predicted octanol–water partition coefficient (Wildman–Crippen LogP) is 4.68. The fraction of sp³-hybridized carbons (Fsp3) is 0.160. The van der Waals surface area contributed by atoms with Crippen LogP contribution in [0.1, 0.15) is 11.7 Å². The molecule has 166 valence electrons. The van der Waals surface area contributed by atoms with E-state index in [1.807, 2.05) is 72.8 Å². The van der Waals surface area contributed by atoms with Gasteiger partial charge in [0.1, 0.15) is 11.9 Å². The van der Waals surface area contributed by atoms with Crippen molar-refractivity contribution >= 4 is 29.0 Å². The summed E-state index contributed by atoms with van der Waals surface area (Å²) >= 11 is 1.38. The summed E-state index contributed by atoms with van der Waals surface area (Å²) in [5, 5.41) is 12.6. The van der Waals surface area contributed by atoms with Gasteiger partial charge in [-0.25, -0.2) is 0 Å². The van der Waals surface area contributed by atoms with Crippen molar-refractivity contribution in [1.82, 2.24) is 14.8 Å². The molecule has 0 bridgehead atoms. The van der Waals surface area contributed by atoms with E-state index in [1.54, 1.807) is 7.11 Å². The molecule has 1 unspecified atom stereocenters. The summed E-state index contributed by atoms with van der Waals surface area (Å²) in [6.07, 6.45) is -0.157. The summed E-state index contributed by atoms with van der Waals surface area (Å²) in [4.78, 5) is 14.8. The Morgan fingerprint density at radius 3 is 2.48 bits per heavy atom. The molecule has 0 radical (unpaired) electrons. The fourth-order valence-corrected chi connectivity index (χ4v) is 4.81. The molecule has 1 aliphatic rings. The van der Waals surface area contributed by atoms with Gasteiger partial charge in [-0.1, -0.05) is 54.2 Å². The van der Waals surface area contributed by atoms with Gasteiger partial charge in [-0.05, 0) is 42.0 Å². The zero-order valence-corrected chi connectivity index (χ0v) is 19.1. The van der Waals surface area contributed by atoms with Gasteiger partial charge >= 0.3 is 0 Å². The van der Waals surface area contributed by atoms with Gasteiger partial charge in [0.05, 0.1) is 12.9 Å². The number of hydrogen-bond acceptors (Lipinski definition) is 6. The van der Waals surface area contributed by atoms with Crippen molar-refractivity contribution < 1.29 is 9.53 Å². The Labute approximate surface area is 196 Å². The van der Waals surface area contributed by atoms with Gasteiger partial charge in [0, 0.05) is 24.0 Å². The van der Waals surface area contributed by atoms with Crippen LogP contribution in [-0.4, -0.2) is 40.6 Å². The van der Waals surface area contributed by atoms with E-state index in [0.29, 0.717) is 5.16 Å². The number of hydrogen-bond donors (Lipinski definition) is 1. The van der Waals surface area contributed by atoms with E-state index in [1.165, 1.54) is 11.8 Å². The lowest BCUT2D eigenvalue weighted by Crippen LogP contribution is -2.34. The van der Waals surface area contributed by atoms with Crippen molar-refractivity contribution in [3.63, 3.8) is 0 Å². The molecule has 0 fully saturated rings. The number of methoxy groups -OCH3 is 1. The number of fused-ring (bicyclic) bond motifs is 3. The number of rotatable bonds is 6. The summed E-state index contributed by atoms with van der Waals surface area (Å²) in [5.41, 5.74) is 3.94. The van der Waals surface area contributed by atoms with Gasteiger partial charge in [0.2, 0.25) is 5.91 Å². The second kappa shape index (κ2) is 8.99.